The molecule has 2 aromatic carbocycles. The largest absolute Gasteiger partial charge is 0.497 e. The van der Waals surface area contributed by atoms with Gasteiger partial charge in [-0.15, -0.1) is 0 Å². The summed E-state index contributed by atoms with van der Waals surface area (Å²) in [5.41, 5.74) is 1.84. The summed E-state index contributed by atoms with van der Waals surface area (Å²) in [6, 6.07) is 13.5. The highest BCUT2D eigenvalue weighted by molar-refractivity contribution is 7.22. The molecule has 1 amide bonds. The highest BCUT2D eigenvalue weighted by Gasteiger charge is 2.20. The number of methoxy groups -OCH3 is 1. The third-order valence-electron chi connectivity index (χ3n) is 4.69. The van der Waals surface area contributed by atoms with E-state index < -0.39 is 0 Å². The van der Waals surface area contributed by atoms with Crippen LogP contribution in [0, 0.1) is 0 Å². The summed E-state index contributed by atoms with van der Waals surface area (Å²) in [5, 5.41) is 0.730. The number of fused-ring (bicyclic) bond motifs is 1. The molecule has 1 heterocycles. The Hall–Kier alpha value is -2.64. The fourth-order valence-electron chi connectivity index (χ4n) is 3.15. The lowest BCUT2D eigenvalue weighted by atomic mass is 10.1. The zero-order chi connectivity index (χ0) is 21.5. The Morgan fingerprint density at radius 2 is 1.80 bits per heavy atom. The molecular formula is C23H29N3O3S. The van der Waals surface area contributed by atoms with E-state index in [-0.39, 0.29) is 5.91 Å². The maximum Gasteiger partial charge on any atom is 0.233 e. The van der Waals surface area contributed by atoms with Gasteiger partial charge < -0.3 is 14.4 Å². The van der Waals surface area contributed by atoms with Gasteiger partial charge in [0, 0.05) is 6.54 Å². The minimum Gasteiger partial charge on any atom is -0.497 e. The molecule has 0 saturated heterocycles. The highest BCUT2D eigenvalue weighted by atomic mass is 32.1. The van der Waals surface area contributed by atoms with Crippen LogP contribution < -0.4 is 14.4 Å². The number of nitrogens with zero attached hydrogens (tertiary/aromatic N) is 3. The van der Waals surface area contributed by atoms with Crippen LogP contribution in [0.3, 0.4) is 0 Å². The molecule has 0 unspecified atom stereocenters. The SMILES string of the molecule is CCOc1ccc(CC(=O)N(CCCN(C)C)c2nc3ccc(OC)cc3s2)cc1. The van der Waals surface area contributed by atoms with Crippen molar-refractivity contribution in [2.24, 2.45) is 0 Å². The van der Waals surface area contributed by atoms with E-state index in [1.165, 1.54) is 11.3 Å². The molecular weight excluding hydrogens is 398 g/mol. The van der Waals surface area contributed by atoms with Crippen molar-refractivity contribution in [2.75, 3.05) is 45.8 Å². The van der Waals surface area contributed by atoms with Crippen LogP contribution in [0.4, 0.5) is 5.13 Å². The van der Waals surface area contributed by atoms with E-state index in [0.717, 1.165) is 45.4 Å². The van der Waals surface area contributed by atoms with E-state index >= 15 is 0 Å². The second-order valence-electron chi connectivity index (χ2n) is 7.29. The Morgan fingerprint density at radius 1 is 1.07 bits per heavy atom. The maximum atomic E-state index is 13.2. The number of carbonyl (C=O) groups is 1. The van der Waals surface area contributed by atoms with Crippen LogP contribution >= 0.6 is 11.3 Å². The van der Waals surface area contributed by atoms with Crippen LogP contribution in [0.1, 0.15) is 18.9 Å². The Morgan fingerprint density at radius 3 is 2.47 bits per heavy atom. The number of amides is 1. The first-order chi connectivity index (χ1) is 14.5. The molecule has 0 atom stereocenters. The third kappa shape index (κ3) is 5.70. The standard InChI is InChI=1S/C23H29N3O3S/c1-5-29-18-9-7-17(8-10-18)15-22(27)26(14-6-13-25(2)3)23-24-20-12-11-19(28-4)16-21(20)30-23/h7-12,16H,5-6,13-15H2,1-4H3. The number of benzene rings is 2. The summed E-state index contributed by atoms with van der Waals surface area (Å²) in [7, 11) is 5.73. The van der Waals surface area contributed by atoms with Crippen LogP contribution in [-0.4, -0.2) is 56.7 Å². The molecule has 30 heavy (non-hydrogen) atoms. The molecule has 0 saturated carbocycles. The summed E-state index contributed by atoms with van der Waals surface area (Å²) < 4.78 is 11.8. The number of anilines is 1. The molecule has 0 radical (unpaired) electrons. The van der Waals surface area contributed by atoms with Gasteiger partial charge in [0.2, 0.25) is 5.91 Å². The number of carbonyl (C=O) groups excluding carboxylic acids is 1. The minimum atomic E-state index is 0.0453. The van der Waals surface area contributed by atoms with Gasteiger partial charge in [0.1, 0.15) is 11.5 Å². The Bertz CT molecular complexity index is 969. The van der Waals surface area contributed by atoms with Crippen molar-refractivity contribution in [2.45, 2.75) is 19.8 Å². The topological polar surface area (TPSA) is 54.9 Å². The van der Waals surface area contributed by atoms with E-state index in [2.05, 4.69) is 4.90 Å². The Labute approximate surface area is 182 Å². The van der Waals surface area contributed by atoms with Crippen molar-refractivity contribution in [1.82, 2.24) is 9.88 Å². The molecule has 0 fully saturated rings. The zero-order valence-electron chi connectivity index (χ0n) is 18.1. The minimum absolute atomic E-state index is 0.0453. The van der Waals surface area contributed by atoms with Gasteiger partial charge in [0.25, 0.3) is 0 Å². The van der Waals surface area contributed by atoms with Crippen LogP contribution in [0.2, 0.25) is 0 Å². The Balaban J connectivity index is 1.81. The molecule has 0 aliphatic heterocycles. The van der Waals surface area contributed by atoms with Gasteiger partial charge >= 0.3 is 0 Å². The molecule has 3 aromatic rings. The molecule has 0 bridgehead atoms. The summed E-state index contributed by atoms with van der Waals surface area (Å²) in [5.74, 6) is 1.65. The molecule has 0 spiro atoms. The smallest absolute Gasteiger partial charge is 0.233 e. The number of hydrogen-bond acceptors (Lipinski definition) is 6. The van der Waals surface area contributed by atoms with Crippen molar-refractivity contribution in [1.29, 1.82) is 0 Å². The van der Waals surface area contributed by atoms with Gasteiger partial charge in [-0.3, -0.25) is 9.69 Å². The van der Waals surface area contributed by atoms with E-state index in [4.69, 9.17) is 14.5 Å². The first-order valence-corrected chi connectivity index (χ1v) is 10.9. The van der Waals surface area contributed by atoms with Crippen molar-refractivity contribution in [3.05, 3.63) is 48.0 Å². The quantitative estimate of drug-likeness (QED) is 0.485. The van der Waals surface area contributed by atoms with E-state index in [9.17, 15) is 4.79 Å². The van der Waals surface area contributed by atoms with Crippen molar-refractivity contribution in [3.8, 4) is 11.5 Å². The number of thiazole rings is 1. The average molecular weight is 428 g/mol. The lowest BCUT2D eigenvalue weighted by molar-refractivity contribution is -0.118. The molecule has 7 heteroatoms. The number of aromatic nitrogens is 1. The lowest BCUT2D eigenvalue weighted by Crippen LogP contribution is -2.34. The predicted molar refractivity (Wildman–Crippen MR) is 123 cm³/mol. The van der Waals surface area contributed by atoms with Gasteiger partial charge in [-0.25, -0.2) is 4.98 Å². The molecule has 3 rings (SSSR count). The summed E-state index contributed by atoms with van der Waals surface area (Å²) >= 11 is 1.52. The summed E-state index contributed by atoms with van der Waals surface area (Å²) in [6.45, 7) is 4.12. The third-order valence-corrected chi connectivity index (χ3v) is 5.73. The van der Waals surface area contributed by atoms with E-state index in [0.29, 0.717) is 19.6 Å². The fraction of sp³-hybridized carbons (Fsp3) is 0.391. The second-order valence-corrected chi connectivity index (χ2v) is 8.30. The lowest BCUT2D eigenvalue weighted by Gasteiger charge is -2.21. The molecule has 160 valence electrons. The van der Waals surface area contributed by atoms with E-state index in [1.54, 1.807) is 7.11 Å². The molecule has 6 nitrogen and oxygen atoms in total. The number of hydrogen-bond donors (Lipinski definition) is 0. The van der Waals surface area contributed by atoms with Crippen LogP contribution in [-0.2, 0) is 11.2 Å². The van der Waals surface area contributed by atoms with Crippen LogP contribution in [0.5, 0.6) is 11.5 Å². The molecule has 0 aliphatic carbocycles. The Kier molecular flexibility index (Phi) is 7.65. The van der Waals surface area contributed by atoms with E-state index in [1.807, 2.05) is 68.4 Å². The van der Waals surface area contributed by atoms with Crippen LogP contribution in [0.25, 0.3) is 10.2 Å². The van der Waals surface area contributed by atoms with Gasteiger partial charge in [-0.1, -0.05) is 23.5 Å². The van der Waals surface area contributed by atoms with Gasteiger partial charge in [-0.2, -0.15) is 0 Å². The average Bonchev–Trinajstić information content (AvgIpc) is 3.15. The van der Waals surface area contributed by atoms with Crippen LogP contribution in [0.15, 0.2) is 42.5 Å². The zero-order valence-corrected chi connectivity index (χ0v) is 18.9. The van der Waals surface area contributed by atoms with Crippen molar-refractivity contribution in [3.63, 3.8) is 0 Å². The fourth-order valence-corrected chi connectivity index (χ4v) is 4.18. The first kappa shape index (κ1) is 22.1. The van der Waals surface area contributed by atoms with Gasteiger partial charge in [0.15, 0.2) is 5.13 Å². The highest BCUT2D eigenvalue weighted by Crippen LogP contribution is 2.32. The maximum absolute atomic E-state index is 13.2. The van der Waals surface area contributed by atoms with Gasteiger partial charge in [0.05, 0.1) is 30.4 Å². The molecule has 1 aromatic heterocycles. The number of ether oxygens (including phenoxy) is 2. The van der Waals surface area contributed by atoms with Crippen molar-refractivity contribution < 1.29 is 14.3 Å². The first-order valence-electron chi connectivity index (χ1n) is 10.1. The molecule has 0 N–H and O–H groups in total. The second kappa shape index (κ2) is 10.4. The predicted octanol–water partition coefficient (Wildman–Crippen LogP) is 4.23. The molecule has 0 aliphatic rings. The normalized spacial score (nSPS) is 11.1. The summed E-state index contributed by atoms with van der Waals surface area (Å²) in [6.07, 6.45) is 1.20. The number of rotatable bonds is 10. The summed E-state index contributed by atoms with van der Waals surface area (Å²) in [4.78, 5) is 21.9. The monoisotopic (exact) mass is 427 g/mol. The van der Waals surface area contributed by atoms with Crippen molar-refractivity contribution >= 4 is 32.6 Å². The van der Waals surface area contributed by atoms with Gasteiger partial charge in [-0.05, 0) is 69.9 Å².